The lowest BCUT2D eigenvalue weighted by Gasteiger charge is -2.02. The molecule has 0 saturated carbocycles. The highest BCUT2D eigenvalue weighted by Crippen LogP contribution is 2.22. The van der Waals surface area contributed by atoms with Gasteiger partial charge in [0.15, 0.2) is 0 Å². The first-order chi connectivity index (χ1) is 13.1. The van der Waals surface area contributed by atoms with E-state index < -0.39 is 5.97 Å². The molecule has 0 aliphatic heterocycles. The Balaban J connectivity index is 1.65. The van der Waals surface area contributed by atoms with Crippen molar-refractivity contribution in [1.29, 1.82) is 0 Å². The largest absolute Gasteiger partial charge is 0.465 e. The fourth-order valence-electron chi connectivity index (χ4n) is 2.51. The Morgan fingerprint density at radius 3 is 2.48 bits per heavy atom. The van der Waals surface area contributed by atoms with Crippen LogP contribution in [0, 0.1) is 6.92 Å². The lowest BCUT2D eigenvalue weighted by atomic mass is 10.1. The van der Waals surface area contributed by atoms with Gasteiger partial charge in [-0.3, -0.25) is 4.79 Å². The van der Waals surface area contributed by atoms with E-state index in [0.717, 1.165) is 11.1 Å². The van der Waals surface area contributed by atoms with E-state index in [1.165, 1.54) is 13.3 Å². The molecular formula is C21H18N2O4. The molecule has 136 valence electrons. The summed E-state index contributed by atoms with van der Waals surface area (Å²) >= 11 is 0. The molecule has 0 aliphatic carbocycles. The zero-order chi connectivity index (χ0) is 19.2. The van der Waals surface area contributed by atoms with Crippen LogP contribution in [-0.2, 0) is 4.74 Å². The van der Waals surface area contributed by atoms with Gasteiger partial charge in [0.25, 0.3) is 5.91 Å². The third-order valence-electron chi connectivity index (χ3n) is 3.96. The first kappa shape index (κ1) is 18.1. The molecule has 0 aliphatic rings. The monoisotopic (exact) mass is 362 g/mol. The number of aryl methyl sites for hydroxylation is 1. The fourth-order valence-corrected chi connectivity index (χ4v) is 2.51. The molecule has 1 N–H and O–H groups in total. The number of ether oxygens (including phenoxy) is 1. The third-order valence-corrected chi connectivity index (χ3v) is 3.96. The van der Waals surface area contributed by atoms with Gasteiger partial charge in [0.05, 0.1) is 18.9 Å². The number of amides is 1. The summed E-state index contributed by atoms with van der Waals surface area (Å²) in [6, 6.07) is 17.7. The van der Waals surface area contributed by atoms with Crippen LogP contribution in [0.25, 0.3) is 11.3 Å². The number of carbonyl (C=O) groups is 2. The van der Waals surface area contributed by atoms with Gasteiger partial charge in [-0.1, -0.05) is 30.3 Å². The predicted molar refractivity (Wildman–Crippen MR) is 102 cm³/mol. The molecule has 0 spiro atoms. The van der Waals surface area contributed by atoms with Gasteiger partial charge in [0.1, 0.15) is 11.5 Å². The summed E-state index contributed by atoms with van der Waals surface area (Å²) in [5.74, 6) is 0.443. The Labute approximate surface area is 156 Å². The molecule has 0 bridgehead atoms. The SMILES string of the molecule is COC(=O)c1ccc(-c2ccc(/C=N/NC(=O)c3ccccc3C)o2)cc1. The van der Waals surface area contributed by atoms with Crippen molar-refractivity contribution in [2.24, 2.45) is 5.10 Å². The number of nitrogens with one attached hydrogen (secondary N) is 1. The predicted octanol–water partition coefficient (Wildman–Crippen LogP) is 3.81. The van der Waals surface area contributed by atoms with Crippen molar-refractivity contribution < 1.29 is 18.7 Å². The zero-order valence-electron chi connectivity index (χ0n) is 14.9. The minimum absolute atomic E-state index is 0.283. The van der Waals surface area contributed by atoms with Crippen LogP contribution in [0.2, 0.25) is 0 Å². The number of hydrogen-bond donors (Lipinski definition) is 1. The van der Waals surface area contributed by atoms with Crippen molar-refractivity contribution in [2.75, 3.05) is 7.11 Å². The van der Waals surface area contributed by atoms with Gasteiger partial charge in [0, 0.05) is 11.1 Å². The van der Waals surface area contributed by atoms with Crippen LogP contribution < -0.4 is 5.43 Å². The lowest BCUT2D eigenvalue weighted by molar-refractivity contribution is 0.0600. The van der Waals surface area contributed by atoms with Gasteiger partial charge < -0.3 is 9.15 Å². The summed E-state index contributed by atoms with van der Waals surface area (Å²) in [6.07, 6.45) is 1.43. The summed E-state index contributed by atoms with van der Waals surface area (Å²) in [5, 5.41) is 3.93. The zero-order valence-corrected chi connectivity index (χ0v) is 14.9. The second-order valence-corrected chi connectivity index (χ2v) is 5.78. The lowest BCUT2D eigenvalue weighted by Crippen LogP contribution is -2.18. The third kappa shape index (κ3) is 4.30. The smallest absolute Gasteiger partial charge is 0.337 e. The summed E-state index contributed by atoms with van der Waals surface area (Å²) in [4.78, 5) is 23.6. The number of methoxy groups -OCH3 is 1. The highest BCUT2D eigenvalue weighted by molar-refractivity contribution is 5.96. The maximum atomic E-state index is 12.1. The van der Waals surface area contributed by atoms with Crippen molar-refractivity contribution in [1.82, 2.24) is 5.43 Å². The number of nitrogens with zero attached hydrogens (tertiary/aromatic N) is 1. The topological polar surface area (TPSA) is 80.9 Å². The van der Waals surface area contributed by atoms with Crippen molar-refractivity contribution in [3.63, 3.8) is 0 Å². The molecule has 0 saturated heterocycles. The Bertz CT molecular complexity index is 987. The number of rotatable bonds is 5. The molecule has 3 rings (SSSR count). The van der Waals surface area contributed by atoms with E-state index in [0.29, 0.717) is 22.6 Å². The van der Waals surface area contributed by atoms with Crippen LogP contribution >= 0.6 is 0 Å². The van der Waals surface area contributed by atoms with Crippen molar-refractivity contribution in [2.45, 2.75) is 6.92 Å². The summed E-state index contributed by atoms with van der Waals surface area (Å²) < 4.78 is 10.4. The number of furan rings is 1. The van der Waals surface area contributed by atoms with Crippen LogP contribution in [-0.4, -0.2) is 25.2 Å². The van der Waals surface area contributed by atoms with E-state index in [4.69, 9.17) is 4.42 Å². The van der Waals surface area contributed by atoms with Gasteiger partial charge in [-0.25, -0.2) is 10.2 Å². The number of hydrogen-bond acceptors (Lipinski definition) is 5. The Morgan fingerprint density at radius 1 is 1.04 bits per heavy atom. The Morgan fingerprint density at radius 2 is 1.78 bits per heavy atom. The van der Waals surface area contributed by atoms with E-state index in [1.54, 1.807) is 48.5 Å². The maximum Gasteiger partial charge on any atom is 0.337 e. The molecule has 1 heterocycles. The summed E-state index contributed by atoms with van der Waals surface area (Å²) in [5.41, 5.74) is 5.21. The van der Waals surface area contributed by atoms with Gasteiger partial charge in [0.2, 0.25) is 0 Å². The molecule has 0 unspecified atom stereocenters. The average Bonchev–Trinajstić information content (AvgIpc) is 3.16. The minimum atomic E-state index is -0.391. The molecule has 27 heavy (non-hydrogen) atoms. The number of hydrazone groups is 1. The van der Waals surface area contributed by atoms with Gasteiger partial charge in [-0.05, 0) is 42.8 Å². The van der Waals surface area contributed by atoms with Gasteiger partial charge in [-0.2, -0.15) is 5.10 Å². The Hall–Kier alpha value is -3.67. The van der Waals surface area contributed by atoms with Crippen LogP contribution in [0.3, 0.4) is 0 Å². The molecule has 6 nitrogen and oxygen atoms in total. The van der Waals surface area contributed by atoms with Crippen LogP contribution in [0.1, 0.15) is 32.0 Å². The first-order valence-corrected chi connectivity index (χ1v) is 8.26. The Kier molecular flexibility index (Phi) is 5.47. The van der Waals surface area contributed by atoms with E-state index >= 15 is 0 Å². The molecule has 1 aromatic heterocycles. The number of carbonyl (C=O) groups excluding carboxylic acids is 2. The van der Waals surface area contributed by atoms with E-state index in [-0.39, 0.29) is 5.91 Å². The molecule has 1 amide bonds. The summed E-state index contributed by atoms with van der Waals surface area (Å²) in [7, 11) is 1.34. The maximum absolute atomic E-state index is 12.1. The second-order valence-electron chi connectivity index (χ2n) is 5.78. The van der Waals surface area contributed by atoms with Gasteiger partial charge >= 0.3 is 5.97 Å². The molecule has 0 atom stereocenters. The summed E-state index contributed by atoms with van der Waals surface area (Å²) in [6.45, 7) is 1.86. The van der Waals surface area contributed by atoms with Crippen molar-refractivity contribution in [3.8, 4) is 11.3 Å². The number of esters is 1. The van der Waals surface area contributed by atoms with Gasteiger partial charge in [-0.15, -0.1) is 0 Å². The second kappa shape index (κ2) is 8.14. The minimum Gasteiger partial charge on any atom is -0.465 e. The standard InChI is InChI=1S/C21H18N2O4/c1-14-5-3-4-6-18(14)20(24)23-22-13-17-11-12-19(27-17)15-7-9-16(10-8-15)21(25)26-2/h3-13H,1-2H3,(H,23,24)/b22-13+. The fraction of sp³-hybridized carbons (Fsp3) is 0.0952. The van der Waals surface area contributed by atoms with Crippen molar-refractivity contribution >= 4 is 18.1 Å². The molecule has 0 radical (unpaired) electrons. The molecule has 0 fully saturated rings. The van der Waals surface area contributed by atoms with Crippen LogP contribution in [0.5, 0.6) is 0 Å². The van der Waals surface area contributed by atoms with E-state index in [2.05, 4.69) is 15.3 Å². The quantitative estimate of drug-likeness (QED) is 0.425. The van der Waals surface area contributed by atoms with E-state index in [1.807, 2.05) is 19.1 Å². The molecule has 2 aromatic carbocycles. The highest BCUT2D eigenvalue weighted by atomic mass is 16.5. The average molecular weight is 362 g/mol. The normalized spacial score (nSPS) is 10.7. The van der Waals surface area contributed by atoms with Crippen molar-refractivity contribution in [3.05, 3.63) is 83.1 Å². The first-order valence-electron chi connectivity index (χ1n) is 8.26. The number of benzene rings is 2. The van der Waals surface area contributed by atoms with Crippen LogP contribution in [0.4, 0.5) is 0 Å². The molecule has 3 aromatic rings. The highest BCUT2D eigenvalue weighted by Gasteiger charge is 2.08. The van der Waals surface area contributed by atoms with E-state index in [9.17, 15) is 9.59 Å². The molecule has 6 heteroatoms. The van der Waals surface area contributed by atoms with Crippen LogP contribution in [0.15, 0.2) is 70.2 Å². The molecular weight excluding hydrogens is 344 g/mol.